The molecule has 0 aliphatic rings. The molecule has 0 radical (unpaired) electrons. The minimum Gasteiger partial charge on any atom is -0.381 e. The number of ether oxygens (including phenoxy) is 1. The van der Waals surface area contributed by atoms with E-state index in [1.807, 2.05) is 0 Å². The van der Waals surface area contributed by atoms with Crippen LogP contribution < -0.4 is 0 Å². The Bertz CT molecular complexity index is 185. The van der Waals surface area contributed by atoms with Gasteiger partial charge in [0, 0.05) is 26.1 Å². The van der Waals surface area contributed by atoms with E-state index in [2.05, 4.69) is 0 Å². The molecule has 19 heavy (non-hydrogen) atoms. The fraction of sp³-hybridized carbons (Fsp3) is 1.00. The Morgan fingerprint density at radius 1 is 0.526 bits per heavy atom. The SMILES string of the molecule is OC(O)(O)CCCCCOCCCCCC(O)(O)O. The molecule has 0 amide bonds. The zero-order valence-corrected chi connectivity index (χ0v) is 11.2. The molecule has 0 heterocycles. The lowest BCUT2D eigenvalue weighted by molar-refractivity contribution is -0.316. The first-order chi connectivity index (χ1) is 8.71. The highest BCUT2D eigenvalue weighted by Crippen LogP contribution is 2.10. The second-order valence-electron chi connectivity index (χ2n) is 4.78. The van der Waals surface area contributed by atoms with Gasteiger partial charge in [-0.3, -0.25) is 0 Å². The maximum atomic E-state index is 8.62. The first-order valence-corrected chi connectivity index (χ1v) is 6.63. The van der Waals surface area contributed by atoms with Gasteiger partial charge in [0.1, 0.15) is 0 Å². The van der Waals surface area contributed by atoms with E-state index < -0.39 is 11.9 Å². The Morgan fingerprint density at radius 3 is 1.21 bits per heavy atom. The van der Waals surface area contributed by atoms with Gasteiger partial charge in [0.05, 0.1) is 0 Å². The number of hydrogen-bond acceptors (Lipinski definition) is 7. The summed E-state index contributed by atoms with van der Waals surface area (Å²) < 4.78 is 5.32. The molecule has 0 aliphatic carbocycles. The number of aliphatic hydroxyl groups is 6. The van der Waals surface area contributed by atoms with Crippen LogP contribution in [-0.4, -0.2) is 55.8 Å². The number of rotatable bonds is 12. The summed E-state index contributed by atoms with van der Waals surface area (Å²) in [5.74, 6) is -5.13. The molecule has 0 aliphatic heterocycles. The summed E-state index contributed by atoms with van der Waals surface area (Å²) in [6, 6.07) is 0. The highest BCUT2D eigenvalue weighted by Gasteiger charge is 2.17. The van der Waals surface area contributed by atoms with Gasteiger partial charge in [0.25, 0.3) is 11.9 Å². The van der Waals surface area contributed by atoms with E-state index in [0.29, 0.717) is 26.1 Å². The van der Waals surface area contributed by atoms with E-state index in [9.17, 15) is 0 Å². The van der Waals surface area contributed by atoms with Gasteiger partial charge < -0.3 is 35.4 Å². The maximum Gasteiger partial charge on any atom is 0.275 e. The molecule has 0 unspecified atom stereocenters. The van der Waals surface area contributed by atoms with Crippen molar-refractivity contribution < 1.29 is 35.4 Å². The van der Waals surface area contributed by atoms with Crippen molar-refractivity contribution >= 4 is 0 Å². The lowest BCUT2D eigenvalue weighted by atomic mass is 10.2. The molecule has 0 fully saturated rings. The Hall–Kier alpha value is -0.280. The Balaban J connectivity index is 3.12. The molecular weight excluding hydrogens is 256 g/mol. The highest BCUT2D eigenvalue weighted by molar-refractivity contribution is 4.50. The third-order valence-electron chi connectivity index (χ3n) is 2.60. The zero-order chi connectivity index (χ0) is 14.8. The zero-order valence-electron chi connectivity index (χ0n) is 11.2. The molecule has 0 spiro atoms. The maximum absolute atomic E-state index is 8.62. The Labute approximate surface area is 113 Å². The van der Waals surface area contributed by atoms with Gasteiger partial charge in [-0.05, 0) is 25.7 Å². The molecule has 0 aromatic rings. The molecule has 7 heteroatoms. The van der Waals surface area contributed by atoms with E-state index in [1.54, 1.807) is 0 Å². The molecule has 6 N–H and O–H groups in total. The predicted molar refractivity (Wildman–Crippen MR) is 66.5 cm³/mol. The first-order valence-electron chi connectivity index (χ1n) is 6.63. The monoisotopic (exact) mass is 282 g/mol. The van der Waals surface area contributed by atoms with Crippen LogP contribution in [0.1, 0.15) is 51.4 Å². The summed E-state index contributed by atoms with van der Waals surface area (Å²) >= 11 is 0. The molecule has 0 aromatic carbocycles. The second-order valence-corrected chi connectivity index (χ2v) is 4.78. The number of hydrogen-bond donors (Lipinski definition) is 6. The summed E-state index contributed by atoms with van der Waals surface area (Å²) in [6.45, 7) is 1.14. The van der Waals surface area contributed by atoms with Gasteiger partial charge in [-0.25, -0.2) is 0 Å². The van der Waals surface area contributed by atoms with Crippen molar-refractivity contribution in [2.75, 3.05) is 13.2 Å². The van der Waals surface area contributed by atoms with Crippen LogP contribution in [-0.2, 0) is 4.74 Å². The largest absolute Gasteiger partial charge is 0.381 e. The van der Waals surface area contributed by atoms with Crippen LogP contribution in [0.3, 0.4) is 0 Å². The average molecular weight is 282 g/mol. The van der Waals surface area contributed by atoms with Crippen LogP contribution >= 0.6 is 0 Å². The number of unbranched alkanes of at least 4 members (excludes halogenated alkanes) is 4. The summed E-state index contributed by atoms with van der Waals surface area (Å²) in [6.07, 6.45) is 3.93. The van der Waals surface area contributed by atoms with E-state index in [4.69, 9.17) is 35.4 Å². The molecule has 0 saturated carbocycles. The van der Waals surface area contributed by atoms with E-state index >= 15 is 0 Å². The molecule has 0 bridgehead atoms. The van der Waals surface area contributed by atoms with Crippen molar-refractivity contribution in [3.8, 4) is 0 Å². The lowest BCUT2D eigenvalue weighted by Crippen LogP contribution is -2.26. The average Bonchev–Trinajstić information content (AvgIpc) is 2.22. The standard InChI is InChI=1S/C12H26O7/c13-11(14,15)7-3-1-5-9-19-10-6-2-4-8-12(16,17)18/h13-18H,1-10H2. The van der Waals surface area contributed by atoms with Gasteiger partial charge in [-0.15, -0.1) is 0 Å². The summed E-state index contributed by atoms with van der Waals surface area (Å²) in [4.78, 5) is 0. The summed E-state index contributed by atoms with van der Waals surface area (Å²) in [5.41, 5.74) is 0. The quantitative estimate of drug-likeness (QED) is 0.208. The first kappa shape index (κ1) is 18.7. The molecule has 0 atom stereocenters. The molecule has 7 nitrogen and oxygen atoms in total. The minimum atomic E-state index is -2.57. The van der Waals surface area contributed by atoms with Crippen molar-refractivity contribution in [3.05, 3.63) is 0 Å². The Morgan fingerprint density at radius 2 is 0.895 bits per heavy atom. The van der Waals surface area contributed by atoms with E-state index in [0.717, 1.165) is 25.7 Å². The predicted octanol–water partition coefficient (Wildman–Crippen LogP) is -0.615. The van der Waals surface area contributed by atoms with Crippen LogP contribution in [0, 0.1) is 0 Å². The van der Waals surface area contributed by atoms with Gasteiger partial charge in [-0.1, -0.05) is 12.8 Å². The lowest BCUT2D eigenvalue weighted by Gasteiger charge is -2.13. The van der Waals surface area contributed by atoms with Crippen LogP contribution in [0.25, 0.3) is 0 Å². The third-order valence-corrected chi connectivity index (χ3v) is 2.60. The van der Waals surface area contributed by atoms with Crippen LogP contribution in [0.4, 0.5) is 0 Å². The fourth-order valence-corrected chi connectivity index (χ4v) is 1.59. The molecule has 116 valence electrons. The molecule has 0 saturated heterocycles. The Kier molecular flexibility index (Phi) is 9.46. The van der Waals surface area contributed by atoms with Crippen LogP contribution in [0.2, 0.25) is 0 Å². The van der Waals surface area contributed by atoms with Crippen molar-refractivity contribution in [1.82, 2.24) is 0 Å². The van der Waals surface area contributed by atoms with Crippen molar-refractivity contribution in [1.29, 1.82) is 0 Å². The van der Waals surface area contributed by atoms with Crippen molar-refractivity contribution in [2.45, 2.75) is 63.3 Å². The smallest absolute Gasteiger partial charge is 0.275 e. The van der Waals surface area contributed by atoms with E-state index in [1.165, 1.54) is 0 Å². The van der Waals surface area contributed by atoms with Gasteiger partial charge in [0.15, 0.2) is 0 Å². The van der Waals surface area contributed by atoms with Gasteiger partial charge >= 0.3 is 0 Å². The second kappa shape index (κ2) is 9.60. The van der Waals surface area contributed by atoms with Crippen molar-refractivity contribution in [2.24, 2.45) is 0 Å². The summed E-state index contributed by atoms with van der Waals surface area (Å²) in [5, 5.41) is 51.7. The minimum absolute atomic E-state index is 0.0712. The van der Waals surface area contributed by atoms with Crippen LogP contribution in [0.15, 0.2) is 0 Å². The third kappa shape index (κ3) is 17.7. The molecular formula is C12H26O7. The van der Waals surface area contributed by atoms with E-state index in [-0.39, 0.29) is 12.8 Å². The molecule has 0 rings (SSSR count). The topological polar surface area (TPSA) is 131 Å². The fourth-order valence-electron chi connectivity index (χ4n) is 1.59. The van der Waals surface area contributed by atoms with Gasteiger partial charge in [0.2, 0.25) is 0 Å². The normalized spacial score (nSPS) is 12.9. The van der Waals surface area contributed by atoms with Crippen molar-refractivity contribution in [3.63, 3.8) is 0 Å². The molecule has 0 aromatic heterocycles. The van der Waals surface area contributed by atoms with Gasteiger partial charge in [-0.2, -0.15) is 0 Å². The summed E-state index contributed by atoms with van der Waals surface area (Å²) in [7, 11) is 0. The van der Waals surface area contributed by atoms with Crippen LogP contribution in [0.5, 0.6) is 0 Å². The highest BCUT2D eigenvalue weighted by atomic mass is 16.7.